The molecule has 1 heterocycles. The summed E-state index contributed by atoms with van der Waals surface area (Å²) in [6, 6.07) is 18.1. The van der Waals surface area contributed by atoms with Gasteiger partial charge in [0.2, 0.25) is 0 Å². The molecule has 0 bridgehead atoms. The molecule has 1 saturated carbocycles. The Balaban J connectivity index is 1.93. The van der Waals surface area contributed by atoms with Gasteiger partial charge < -0.3 is 16.4 Å². The predicted octanol–water partition coefficient (Wildman–Crippen LogP) is 5.40. The van der Waals surface area contributed by atoms with Gasteiger partial charge in [-0.15, -0.1) is 0 Å². The molecule has 1 aromatic heterocycles. The van der Waals surface area contributed by atoms with E-state index in [1.54, 1.807) is 11.6 Å². The zero-order chi connectivity index (χ0) is 26.7. The van der Waals surface area contributed by atoms with Gasteiger partial charge in [0, 0.05) is 30.5 Å². The van der Waals surface area contributed by atoms with Gasteiger partial charge in [-0.3, -0.25) is 14.1 Å². The van der Waals surface area contributed by atoms with Crippen LogP contribution >= 0.6 is 12.2 Å². The Morgan fingerprint density at radius 3 is 2.32 bits per heavy atom. The van der Waals surface area contributed by atoms with Gasteiger partial charge in [0.1, 0.15) is 16.3 Å². The van der Waals surface area contributed by atoms with Gasteiger partial charge in [-0.25, -0.2) is 4.79 Å². The number of hydrogen-bond donors (Lipinski definition) is 2. The van der Waals surface area contributed by atoms with Crippen LogP contribution in [0.4, 0.5) is 11.5 Å². The van der Waals surface area contributed by atoms with Crippen molar-refractivity contribution in [3.05, 3.63) is 93.0 Å². The molecule has 3 aromatic rings. The number of hydrogen-bond acceptors (Lipinski definition) is 5. The lowest BCUT2D eigenvalue weighted by atomic mass is 10.1. The fourth-order valence-electron chi connectivity index (χ4n) is 4.99. The third-order valence-corrected chi connectivity index (χ3v) is 7.43. The van der Waals surface area contributed by atoms with Crippen molar-refractivity contribution in [3.63, 3.8) is 0 Å². The molecule has 4 rings (SSSR count). The zero-order valence-electron chi connectivity index (χ0n) is 21.9. The number of amidine groups is 1. The maximum Gasteiger partial charge on any atom is 0.330 e. The van der Waals surface area contributed by atoms with Crippen LogP contribution in [0.2, 0.25) is 0 Å². The van der Waals surface area contributed by atoms with Crippen molar-refractivity contribution in [2.45, 2.75) is 58.2 Å². The summed E-state index contributed by atoms with van der Waals surface area (Å²) in [4.78, 5) is 20.6. The van der Waals surface area contributed by atoms with E-state index in [1.807, 2.05) is 54.6 Å². The third kappa shape index (κ3) is 5.39. The molecule has 0 saturated heterocycles. The molecule has 0 aliphatic heterocycles. The molecule has 0 spiro atoms. The average Bonchev–Trinajstić information content (AvgIpc) is 3.41. The molecule has 37 heavy (non-hydrogen) atoms. The van der Waals surface area contributed by atoms with Crippen LogP contribution in [0.1, 0.15) is 62.3 Å². The second-order valence-corrected chi connectivity index (χ2v) is 10.3. The van der Waals surface area contributed by atoms with Gasteiger partial charge in [-0.1, -0.05) is 74.1 Å². The number of benzene rings is 2. The molecule has 1 aliphatic rings. The van der Waals surface area contributed by atoms with Crippen molar-refractivity contribution in [1.82, 2.24) is 9.13 Å². The maximum atomic E-state index is 13.3. The van der Waals surface area contributed by atoms with E-state index in [4.69, 9.17) is 28.7 Å². The molecule has 0 atom stereocenters. The fourth-order valence-corrected chi connectivity index (χ4v) is 5.27. The molecule has 0 radical (unpaired) electrons. The lowest BCUT2D eigenvalue weighted by Crippen LogP contribution is -2.42. The van der Waals surface area contributed by atoms with E-state index in [9.17, 15) is 4.79 Å². The standard InChI is InChI=1S/C29H36N6OS/c1-19(2)34(23-10-6-5-7-11-23)27(32-18-21-14-16-22(17-15-21)20(3)30)25-26(31)35(24-12-8-9-13-24)29(36)33(4)28(25)37/h5-7,10-11,14-17,19,24H,3,8-9,12-13,18,30-31H2,1-2,4H3. The van der Waals surface area contributed by atoms with E-state index < -0.39 is 0 Å². The highest BCUT2D eigenvalue weighted by Gasteiger charge is 2.28. The normalized spacial score (nSPS) is 14.3. The van der Waals surface area contributed by atoms with Crippen LogP contribution in [0.25, 0.3) is 5.70 Å². The van der Waals surface area contributed by atoms with Crippen LogP contribution in [0, 0.1) is 4.64 Å². The molecule has 0 amide bonds. The number of rotatable bonds is 7. The van der Waals surface area contributed by atoms with Gasteiger partial charge in [0.15, 0.2) is 0 Å². The first-order valence-corrected chi connectivity index (χ1v) is 13.1. The summed E-state index contributed by atoms with van der Waals surface area (Å²) in [6.07, 6.45) is 4.02. The summed E-state index contributed by atoms with van der Waals surface area (Å²) in [5.41, 5.74) is 16.5. The van der Waals surface area contributed by atoms with Crippen molar-refractivity contribution in [2.75, 3.05) is 10.6 Å². The van der Waals surface area contributed by atoms with Gasteiger partial charge in [0.25, 0.3) is 0 Å². The molecule has 1 fully saturated rings. The highest BCUT2D eigenvalue weighted by molar-refractivity contribution is 7.71. The first-order valence-electron chi connectivity index (χ1n) is 12.7. The van der Waals surface area contributed by atoms with E-state index in [2.05, 4.69) is 25.3 Å². The Hall–Kier alpha value is -3.65. The Kier molecular flexibility index (Phi) is 7.97. The summed E-state index contributed by atoms with van der Waals surface area (Å²) >= 11 is 5.85. The minimum absolute atomic E-state index is 0.0510. The minimum Gasteiger partial charge on any atom is -0.399 e. The number of nitrogens with zero attached hydrogens (tertiary/aromatic N) is 4. The van der Waals surface area contributed by atoms with Crippen LogP contribution in [-0.4, -0.2) is 21.0 Å². The van der Waals surface area contributed by atoms with Crippen LogP contribution in [0.3, 0.4) is 0 Å². The first-order chi connectivity index (χ1) is 17.7. The number of nitrogen functional groups attached to an aromatic ring is 1. The van der Waals surface area contributed by atoms with E-state index >= 15 is 0 Å². The van der Waals surface area contributed by atoms with Crippen molar-refractivity contribution >= 4 is 35.3 Å². The van der Waals surface area contributed by atoms with Gasteiger partial charge in [0.05, 0.1) is 12.1 Å². The fraction of sp³-hybridized carbons (Fsp3) is 0.345. The Morgan fingerprint density at radius 1 is 1.14 bits per heavy atom. The Morgan fingerprint density at radius 2 is 1.76 bits per heavy atom. The monoisotopic (exact) mass is 516 g/mol. The van der Waals surface area contributed by atoms with E-state index in [0.29, 0.717) is 34.1 Å². The van der Waals surface area contributed by atoms with Crippen LogP contribution < -0.4 is 22.1 Å². The molecule has 8 heteroatoms. The summed E-state index contributed by atoms with van der Waals surface area (Å²) in [5, 5.41) is 0. The van der Waals surface area contributed by atoms with Crippen molar-refractivity contribution in [1.29, 1.82) is 0 Å². The second-order valence-electron chi connectivity index (χ2n) is 9.88. The maximum absolute atomic E-state index is 13.3. The largest absolute Gasteiger partial charge is 0.399 e. The molecule has 7 nitrogen and oxygen atoms in total. The Bertz CT molecular complexity index is 1410. The molecule has 1 aliphatic carbocycles. The highest BCUT2D eigenvalue weighted by atomic mass is 32.1. The van der Waals surface area contributed by atoms with Crippen LogP contribution in [-0.2, 0) is 13.6 Å². The predicted molar refractivity (Wildman–Crippen MR) is 156 cm³/mol. The Labute approximate surface area is 223 Å². The van der Waals surface area contributed by atoms with Crippen molar-refractivity contribution < 1.29 is 0 Å². The van der Waals surface area contributed by atoms with E-state index in [0.717, 1.165) is 42.5 Å². The molecule has 194 valence electrons. The molecular weight excluding hydrogens is 480 g/mol. The van der Waals surface area contributed by atoms with Crippen molar-refractivity contribution in [2.24, 2.45) is 17.8 Å². The molecular formula is C29H36N6OS. The summed E-state index contributed by atoms with van der Waals surface area (Å²) in [5.74, 6) is 1.04. The van der Waals surface area contributed by atoms with Crippen LogP contribution in [0.15, 0.2) is 71.0 Å². The molecule has 2 aromatic carbocycles. The van der Waals surface area contributed by atoms with Crippen LogP contribution in [0.5, 0.6) is 0 Å². The summed E-state index contributed by atoms with van der Waals surface area (Å²) in [7, 11) is 1.72. The van der Waals surface area contributed by atoms with E-state index in [-0.39, 0.29) is 17.8 Å². The topological polar surface area (TPSA) is 94.6 Å². The average molecular weight is 517 g/mol. The van der Waals surface area contributed by atoms with Gasteiger partial charge in [-0.2, -0.15) is 0 Å². The second kappa shape index (κ2) is 11.2. The quantitative estimate of drug-likeness (QED) is 0.249. The zero-order valence-corrected chi connectivity index (χ0v) is 22.7. The lowest BCUT2D eigenvalue weighted by molar-refractivity contribution is 0.482. The van der Waals surface area contributed by atoms with E-state index in [1.165, 1.54) is 4.57 Å². The SMILES string of the molecule is C=C(N)c1ccc(CN=C(c2c(N)n(C3CCCC3)c(=O)n(C)c2=S)N(c2ccccc2)C(C)C)cc1. The highest BCUT2D eigenvalue weighted by Crippen LogP contribution is 2.32. The number of aliphatic imine (C=N–C) groups is 1. The van der Waals surface area contributed by atoms with Crippen molar-refractivity contribution in [3.8, 4) is 0 Å². The number of para-hydroxylation sites is 1. The number of anilines is 2. The lowest BCUT2D eigenvalue weighted by Gasteiger charge is -2.32. The molecule has 0 unspecified atom stereocenters. The van der Waals surface area contributed by atoms with Gasteiger partial charge in [-0.05, 0) is 49.9 Å². The summed E-state index contributed by atoms with van der Waals surface area (Å²) in [6.45, 7) is 8.43. The van der Waals surface area contributed by atoms with Gasteiger partial charge >= 0.3 is 5.69 Å². The number of aromatic nitrogens is 2. The summed E-state index contributed by atoms with van der Waals surface area (Å²) < 4.78 is 3.64. The first kappa shape index (κ1) is 26.4. The third-order valence-electron chi connectivity index (χ3n) is 6.96. The number of nitrogens with two attached hydrogens (primary N) is 2. The molecule has 4 N–H and O–H groups in total. The smallest absolute Gasteiger partial charge is 0.330 e. The minimum atomic E-state index is -0.175.